The van der Waals surface area contributed by atoms with E-state index in [0.29, 0.717) is 29.8 Å². The first-order valence-electron chi connectivity index (χ1n) is 11.4. The predicted octanol–water partition coefficient (Wildman–Crippen LogP) is 7.36. The fourth-order valence-corrected chi connectivity index (χ4v) is 3.92. The predicted molar refractivity (Wildman–Crippen MR) is 132 cm³/mol. The zero-order valence-electron chi connectivity index (χ0n) is 19.7. The Kier molecular flexibility index (Phi) is 8.82. The lowest BCUT2D eigenvalue weighted by Crippen LogP contribution is -2.46. The van der Waals surface area contributed by atoms with Gasteiger partial charge in [0.05, 0.1) is 23.5 Å². The third kappa shape index (κ3) is 7.02. The van der Waals surface area contributed by atoms with Gasteiger partial charge in [-0.3, -0.25) is 10.3 Å². The number of hydrogen-bond acceptors (Lipinski definition) is 3. The van der Waals surface area contributed by atoms with Gasteiger partial charge in [-0.25, -0.2) is 4.39 Å². The van der Waals surface area contributed by atoms with Gasteiger partial charge in [-0.2, -0.15) is 13.2 Å². The standard InChI is InChI=1S/C28H29F4N3/c1-3-4-5-6-7-17-27(26-16-8-11-21(2)35-26,22-12-9-13-23(18-22)28(30,31)32)34-20-33-25-15-10-14-24(29)19-25/h3-6,8-16,18-19,33-34H,7,17,20H2,1-2H3/b4-3-,6-5-. The van der Waals surface area contributed by atoms with Gasteiger partial charge in [-0.05, 0) is 74.7 Å². The van der Waals surface area contributed by atoms with E-state index < -0.39 is 17.3 Å². The van der Waals surface area contributed by atoms with Crippen LogP contribution in [-0.4, -0.2) is 11.7 Å². The van der Waals surface area contributed by atoms with Gasteiger partial charge in [-0.15, -0.1) is 0 Å². The molecule has 1 heterocycles. The van der Waals surface area contributed by atoms with Gasteiger partial charge in [0.1, 0.15) is 5.82 Å². The van der Waals surface area contributed by atoms with E-state index in [-0.39, 0.29) is 12.5 Å². The molecule has 2 N–H and O–H groups in total. The van der Waals surface area contributed by atoms with Crippen LogP contribution in [-0.2, 0) is 11.7 Å². The van der Waals surface area contributed by atoms with Crippen LogP contribution in [0.1, 0.15) is 42.3 Å². The third-order valence-corrected chi connectivity index (χ3v) is 5.64. The topological polar surface area (TPSA) is 37.0 Å². The maximum Gasteiger partial charge on any atom is 0.416 e. The minimum absolute atomic E-state index is 0.175. The molecule has 2 aromatic carbocycles. The first kappa shape index (κ1) is 26.2. The van der Waals surface area contributed by atoms with Crippen molar-refractivity contribution in [3.05, 3.63) is 119 Å². The first-order chi connectivity index (χ1) is 16.7. The van der Waals surface area contributed by atoms with Crippen LogP contribution < -0.4 is 10.6 Å². The van der Waals surface area contributed by atoms with Gasteiger partial charge in [0, 0.05) is 11.4 Å². The quantitative estimate of drug-likeness (QED) is 0.180. The number of rotatable bonds is 10. The molecule has 0 aliphatic rings. The maximum atomic E-state index is 13.6. The number of aromatic nitrogens is 1. The summed E-state index contributed by atoms with van der Waals surface area (Å²) in [5.74, 6) is -0.381. The minimum atomic E-state index is -4.48. The SMILES string of the molecule is C/C=C\C=C/CCC(NCNc1cccc(F)c1)(c1cccc(C(F)(F)F)c1)c1cccc(C)n1. The van der Waals surface area contributed by atoms with Gasteiger partial charge in [0.2, 0.25) is 0 Å². The Bertz CT molecular complexity index is 1170. The number of pyridine rings is 1. The second-order valence-corrected chi connectivity index (χ2v) is 8.18. The Labute approximate surface area is 203 Å². The Morgan fingerprint density at radius 2 is 1.66 bits per heavy atom. The highest BCUT2D eigenvalue weighted by Crippen LogP contribution is 2.37. The Morgan fingerprint density at radius 1 is 0.914 bits per heavy atom. The van der Waals surface area contributed by atoms with Gasteiger partial charge < -0.3 is 5.32 Å². The number of nitrogens with one attached hydrogen (secondary N) is 2. The number of anilines is 1. The minimum Gasteiger partial charge on any atom is -0.372 e. The number of benzene rings is 2. The number of halogens is 4. The molecule has 3 aromatic rings. The summed E-state index contributed by atoms with van der Waals surface area (Å²) in [6.45, 7) is 3.93. The molecule has 1 unspecified atom stereocenters. The first-order valence-corrected chi connectivity index (χ1v) is 11.4. The molecule has 0 saturated heterocycles. The van der Waals surface area contributed by atoms with Crippen LogP contribution in [0, 0.1) is 12.7 Å². The number of alkyl halides is 3. The number of nitrogens with zero attached hydrogens (tertiary/aromatic N) is 1. The molecule has 7 heteroatoms. The van der Waals surface area contributed by atoms with Gasteiger partial charge in [0.15, 0.2) is 0 Å². The fraction of sp³-hybridized carbons (Fsp3) is 0.250. The summed E-state index contributed by atoms with van der Waals surface area (Å²) in [4.78, 5) is 4.70. The Morgan fingerprint density at radius 3 is 2.37 bits per heavy atom. The highest BCUT2D eigenvalue weighted by atomic mass is 19.4. The normalized spacial score (nSPS) is 13.9. The summed E-state index contributed by atoms with van der Waals surface area (Å²) in [6, 6.07) is 16.9. The van der Waals surface area contributed by atoms with Crippen molar-refractivity contribution in [1.82, 2.24) is 10.3 Å². The molecule has 1 atom stereocenters. The largest absolute Gasteiger partial charge is 0.416 e. The highest BCUT2D eigenvalue weighted by Gasteiger charge is 2.37. The molecule has 0 saturated carbocycles. The van der Waals surface area contributed by atoms with Gasteiger partial charge in [-0.1, -0.05) is 48.6 Å². The molecule has 184 valence electrons. The summed E-state index contributed by atoms with van der Waals surface area (Å²) in [5, 5.41) is 6.54. The molecule has 0 aliphatic carbocycles. The lowest BCUT2D eigenvalue weighted by atomic mass is 9.81. The summed E-state index contributed by atoms with van der Waals surface area (Å²) < 4.78 is 54.5. The lowest BCUT2D eigenvalue weighted by Gasteiger charge is -2.36. The maximum absolute atomic E-state index is 13.6. The number of allylic oxidation sites excluding steroid dienone is 4. The summed E-state index contributed by atoms with van der Waals surface area (Å²) in [5.41, 5.74) is 0.608. The average Bonchev–Trinajstić information content (AvgIpc) is 2.82. The molecule has 1 aromatic heterocycles. The van der Waals surface area contributed by atoms with Crippen LogP contribution in [0.3, 0.4) is 0 Å². The molecule has 0 spiro atoms. The molecule has 35 heavy (non-hydrogen) atoms. The average molecular weight is 484 g/mol. The van der Waals surface area contributed by atoms with Crippen molar-refractivity contribution >= 4 is 5.69 Å². The van der Waals surface area contributed by atoms with Crippen LogP contribution in [0.25, 0.3) is 0 Å². The van der Waals surface area contributed by atoms with E-state index >= 15 is 0 Å². The van der Waals surface area contributed by atoms with Crippen molar-refractivity contribution in [1.29, 1.82) is 0 Å². The second kappa shape index (κ2) is 11.8. The van der Waals surface area contributed by atoms with Crippen LogP contribution in [0.15, 0.2) is 91.0 Å². The Hall–Kier alpha value is -3.45. The molecule has 0 amide bonds. The van der Waals surface area contributed by atoms with Gasteiger partial charge >= 0.3 is 6.18 Å². The van der Waals surface area contributed by atoms with E-state index in [2.05, 4.69) is 10.6 Å². The van der Waals surface area contributed by atoms with E-state index in [1.165, 1.54) is 24.3 Å². The monoisotopic (exact) mass is 483 g/mol. The molecule has 3 rings (SSSR count). The van der Waals surface area contributed by atoms with Crippen LogP contribution in [0.5, 0.6) is 0 Å². The molecule has 0 aliphatic heterocycles. The van der Waals surface area contributed by atoms with E-state index in [9.17, 15) is 17.6 Å². The molecule has 3 nitrogen and oxygen atoms in total. The molecular formula is C28H29F4N3. The second-order valence-electron chi connectivity index (χ2n) is 8.18. The van der Waals surface area contributed by atoms with Crippen molar-refractivity contribution < 1.29 is 17.6 Å². The van der Waals surface area contributed by atoms with Crippen LogP contribution in [0.4, 0.5) is 23.2 Å². The zero-order valence-corrected chi connectivity index (χ0v) is 19.7. The van der Waals surface area contributed by atoms with E-state index in [4.69, 9.17) is 4.98 Å². The van der Waals surface area contributed by atoms with Crippen molar-refractivity contribution in [2.75, 3.05) is 12.0 Å². The van der Waals surface area contributed by atoms with Crippen LogP contribution >= 0.6 is 0 Å². The van der Waals surface area contributed by atoms with Gasteiger partial charge in [0.25, 0.3) is 0 Å². The smallest absolute Gasteiger partial charge is 0.372 e. The van der Waals surface area contributed by atoms with Crippen molar-refractivity contribution in [3.63, 3.8) is 0 Å². The van der Waals surface area contributed by atoms with Crippen molar-refractivity contribution in [2.24, 2.45) is 0 Å². The summed E-state index contributed by atoms with van der Waals surface area (Å²) >= 11 is 0. The van der Waals surface area contributed by atoms with Crippen molar-refractivity contribution in [2.45, 2.75) is 38.4 Å². The fourth-order valence-electron chi connectivity index (χ4n) is 3.92. The van der Waals surface area contributed by atoms with Crippen LogP contribution in [0.2, 0.25) is 0 Å². The van der Waals surface area contributed by atoms with E-state index in [1.54, 1.807) is 18.2 Å². The summed E-state index contributed by atoms with van der Waals surface area (Å²) in [7, 11) is 0. The number of aryl methyl sites for hydroxylation is 1. The zero-order chi connectivity index (χ0) is 25.3. The number of hydrogen-bond donors (Lipinski definition) is 2. The highest BCUT2D eigenvalue weighted by molar-refractivity contribution is 5.44. The lowest BCUT2D eigenvalue weighted by molar-refractivity contribution is -0.137. The van der Waals surface area contributed by atoms with Crippen molar-refractivity contribution in [3.8, 4) is 0 Å². The summed E-state index contributed by atoms with van der Waals surface area (Å²) in [6.07, 6.45) is 4.24. The Balaban J connectivity index is 2.06. The van der Waals surface area contributed by atoms with E-state index in [0.717, 1.165) is 11.8 Å². The van der Waals surface area contributed by atoms with E-state index in [1.807, 2.05) is 56.4 Å². The molecule has 0 bridgehead atoms. The molecular weight excluding hydrogens is 454 g/mol. The molecule has 0 radical (unpaired) electrons. The molecule has 0 fully saturated rings. The third-order valence-electron chi connectivity index (χ3n) is 5.64.